The molecule has 5 rings (SSSR count). The van der Waals surface area contributed by atoms with E-state index in [0.29, 0.717) is 51.7 Å². The van der Waals surface area contributed by atoms with Gasteiger partial charge in [0.2, 0.25) is 5.95 Å². The first-order valence-corrected chi connectivity index (χ1v) is 9.50. The number of carbonyl (C=O) groups is 1. The van der Waals surface area contributed by atoms with E-state index in [-0.39, 0.29) is 5.91 Å². The van der Waals surface area contributed by atoms with Gasteiger partial charge in [0.05, 0.1) is 12.3 Å². The zero-order valence-corrected chi connectivity index (χ0v) is 16.1. The SMILES string of the molecule is O=C(c1ccc(Nc2nc3c(-c4cnn(C(F)F)c4)cccn3n2)cc1)N1CC(O)C1. The van der Waals surface area contributed by atoms with E-state index >= 15 is 0 Å². The van der Waals surface area contributed by atoms with Crippen LogP contribution in [-0.4, -0.2) is 59.5 Å². The predicted molar refractivity (Wildman–Crippen MR) is 107 cm³/mol. The monoisotopic (exact) mass is 425 g/mol. The van der Waals surface area contributed by atoms with E-state index < -0.39 is 12.7 Å². The number of likely N-dealkylation sites (tertiary alicyclic amines) is 1. The summed E-state index contributed by atoms with van der Waals surface area (Å²) in [6.07, 6.45) is 3.88. The highest BCUT2D eigenvalue weighted by Gasteiger charge is 2.29. The summed E-state index contributed by atoms with van der Waals surface area (Å²) < 4.78 is 27.8. The average Bonchev–Trinajstić information content (AvgIpc) is 3.38. The second-order valence-electron chi connectivity index (χ2n) is 7.18. The van der Waals surface area contributed by atoms with Crippen molar-refractivity contribution in [2.45, 2.75) is 12.7 Å². The van der Waals surface area contributed by atoms with Gasteiger partial charge >= 0.3 is 6.55 Å². The van der Waals surface area contributed by atoms with Gasteiger partial charge in [0, 0.05) is 47.9 Å². The topological polar surface area (TPSA) is 101 Å². The third-order valence-corrected chi connectivity index (χ3v) is 5.01. The summed E-state index contributed by atoms with van der Waals surface area (Å²) in [7, 11) is 0. The van der Waals surface area contributed by atoms with E-state index in [1.165, 1.54) is 12.4 Å². The number of carbonyl (C=O) groups excluding carboxylic acids is 1. The fraction of sp³-hybridized carbons (Fsp3) is 0.200. The molecule has 1 fully saturated rings. The summed E-state index contributed by atoms with van der Waals surface area (Å²) in [5, 5.41) is 20.5. The molecule has 1 aliphatic rings. The third kappa shape index (κ3) is 3.59. The Kier molecular flexibility index (Phi) is 4.59. The number of amides is 1. The van der Waals surface area contributed by atoms with Crippen LogP contribution in [0.4, 0.5) is 20.4 Å². The number of alkyl halides is 2. The molecule has 3 aromatic heterocycles. The maximum Gasteiger partial charge on any atom is 0.333 e. The number of fused-ring (bicyclic) bond motifs is 1. The molecule has 0 bridgehead atoms. The van der Waals surface area contributed by atoms with Crippen molar-refractivity contribution in [3.63, 3.8) is 0 Å². The van der Waals surface area contributed by atoms with Crippen LogP contribution in [0.3, 0.4) is 0 Å². The van der Waals surface area contributed by atoms with Gasteiger partial charge in [-0.3, -0.25) is 4.79 Å². The molecule has 0 atom stereocenters. The Morgan fingerprint density at radius 1 is 1.19 bits per heavy atom. The van der Waals surface area contributed by atoms with E-state index in [4.69, 9.17) is 0 Å². The molecule has 0 unspecified atom stereocenters. The number of aromatic nitrogens is 5. The minimum atomic E-state index is -2.72. The van der Waals surface area contributed by atoms with Crippen LogP contribution in [0.2, 0.25) is 0 Å². The van der Waals surface area contributed by atoms with E-state index in [1.54, 1.807) is 52.0 Å². The molecule has 4 heterocycles. The van der Waals surface area contributed by atoms with Crippen LogP contribution >= 0.6 is 0 Å². The largest absolute Gasteiger partial charge is 0.389 e. The lowest BCUT2D eigenvalue weighted by atomic mass is 10.1. The minimum absolute atomic E-state index is 0.128. The first-order valence-electron chi connectivity index (χ1n) is 9.50. The molecule has 9 nitrogen and oxygen atoms in total. The number of aliphatic hydroxyl groups is 1. The molecular formula is C20H17F2N7O2. The van der Waals surface area contributed by atoms with E-state index in [9.17, 15) is 18.7 Å². The summed E-state index contributed by atoms with van der Waals surface area (Å²) >= 11 is 0. The number of β-amino-alcohol motifs (C(OH)–C–C–N with tert-alkyl or cyclic N) is 1. The van der Waals surface area contributed by atoms with Crippen LogP contribution in [0.15, 0.2) is 55.0 Å². The summed E-state index contributed by atoms with van der Waals surface area (Å²) in [5.74, 6) is 0.190. The fourth-order valence-electron chi connectivity index (χ4n) is 3.40. The Morgan fingerprint density at radius 3 is 2.65 bits per heavy atom. The molecule has 2 N–H and O–H groups in total. The normalized spacial score (nSPS) is 14.3. The standard InChI is InChI=1S/C20H17F2N7O2/c21-19(22)29-9-13(8-23-29)16-2-1-7-28-17(16)25-20(26-28)24-14-5-3-12(4-6-14)18(31)27-10-15(30)11-27/h1-9,15,19,30H,10-11H2,(H,24,26). The molecule has 4 aromatic rings. The molecule has 1 saturated heterocycles. The number of nitrogens with one attached hydrogen (secondary N) is 1. The molecule has 0 radical (unpaired) electrons. The third-order valence-electron chi connectivity index (χ3n) is 5.01. The van der Waals surface area contributed by atoms with Crippen LogP contribution < -0.4 is 5.32 Å². The van der Waals surface area contributed by atoms with Crippen molar-refractivity contribution in [3.8, 4) is 11.1 Å². The number of rotatable bonds is 5. The van der Waals surface area contributed by atoms with Crippen molar-refractivity contribution < 1.29 is 18.7 Å². The highest BCUT2D eigenvalue weighted by Crippen LogP contribution is 2.26. The van der Waals surface area contributed by atoms with Crippen LogP contribution in [0.1, 0.15) is 16.9 Å². The summed E-state index contributed by atoms with van der Waals surface area (Å²) in [5.41, 5.74) is 2.82. The minimum Gasteiger partial charge on any atom is -0.389 e. The lowest BCUT2D eigenvalue weighted by molar-refractivity contribution is 0.00590. The summed E-state index contributed by atoms with van der Waals surface area (Å²) in [6, 6.07) is 10.4. The molecular weight excluding hydrogens is 408 g/mol. The van der Waals surface area contributed by atoms with Crippen molar-refractivity contribution in [2.75, 3.05) is 18.4 Å². The number of nitrogens with zero attached hydrogens (tertiary/aromatic N) is 6. The van der Waals surface area contributed by atoms with Gasteiger partial charge in [-0.05, 0) is 36.4 Å². The van der Waals surface area contributed by atoms with Crippen LogP contribution in [-0.2, 0) is 0 Å². The Bertz CT molecular complexity index is 1250. The number of anilines is 2. The van der Waals surface area contributed by atoms with Gasteiger partial charge in [-0.1, -0.05) is 0 Å². The molecule has 0 aliphatic carbocycles. The first kappa shape index (κ1) is 19.1. The zero-order valence-electron chi connectivity index (χ0n) is 16.1. The van der Waals surface area contributed by atoms with Gasteiger partial charge in [0.25, 0.3) is 5.91 Å². The second kappa shape index (κ2) is 7.43. The fourth-order valence-corrected chi connectivity index (χ4v) is 3.40. The van der Waals surface area contributed by atoms with Crippen LogP contribution in [0.5, 0.6) is 0 Å². The van der Waals surface area contributed by atoms with E-state index in [0.717, 1.165) is 0 Å². The Labute approximate surface area is 174 Å². The van der Waals surface area contributed by atoms with Crippen molar-refractivity contribution in [2.24, 2.45) is 0 Å². The maximum atomic E-state index is 12.8. The van der Waals surface area contributed by atoms with E-state index in [1.807, 2.05) is 0 Å². The van der Waals surface area contributed by atoms with Gasteiger partial charge < -0.3 is 15.3 Å². The molecule has 1 aromatic carbocycles. The molecule has 158 valence electrons. The molecule has 1 amide bonds. The Morgan fingerprint density at radius 2 is 1.97 bits per heavy atom. The number of hydrogen-bond donors (Lipinski definition) is 2. The maximum absolute atomic E-state index is 12.8. The highest BCUT2D eigenvalue weighted by atomic mass is 19.3. The van der Waals surface area contributed by atoms with Crippen molar-refractivity contribution >= 4 is 23.2 Å². The molecule has 0 spiro atoms. The van der Waals surface area contributed by atoms with Crippen LogP contribution in [0.25, 0.3) is 16.8 Å². The van der Waals surface area contributed by atoms with Crippen molar-refractivity contribution in [1.82, 2.24) is 29.3 Å². The van der Waals surface area contributed by atoms with Gasteiger partial charge in [0.15, 0.2) is 5.65 Å². The van der Waals surface area contributed by atoms with Crippen molar-refractivity contribution in [1.29, 1.82) is 0 Å². The highest BCUT2D eigenvalue weighted by molar-refractivity contribution is 5.95. The molecule has 0 saturated carbocycles. The number of benzene rings is 1. The predicted octanol–water partition coefficient (Wildman–Crippen LogP) is 2.55. The lowest BCUT2D eigenvalue weighted by Crippen LogP contribution is -2.53. The Hall–Kier alpha value is -3.86. The first-order chi connectivity index (χ1) is 15.0. The zero-order chi connectivity index (χ0) is 21.5. The van der Waals surface area contributed by atoms with Gasteiger partial charge in [0.1, 0.15) is 0 Å². The quantitative estimate of drug-likeness (QED) is 0.510. The molecule has 31 heavy (non-hydrogen) atoms. The summed E-state index contributed by atoms with van der Waals surface area (Å²) in [6.45, 7) is -2.02. The number of hydrogen-bond acceptors (Lipinski definition) is 6. The number of halogens is 2. The van der Waals surface area contributed by atoms with Gasteiger partial charge in [-0.15, -0.1) is 5.10 Å². The van der Waals surface area contributed by atoms with Gasteiger partial charge in [-0.25, -0.2) is 9.20 Å². The van der Waals surface area contributed by atoms with Crippen LogP contribution in [0, 0.1) is 0 Å². The van der Waals surface area contributed by atoms with Gasteiger partial charge in [-0.2, -0.15) is 18.9 Å². The van der Waals surface area contributed by atoms with Crippen molar-refractivity contribution in [3.05, 3.63) is 60.6 Å². The lowest BCUT2D eigenvalue weighted by Gasteiger charge is -2.35. The number of pyridine rings is 1. The smallest absolute Gasteiger partial charge is 0.333 e. The summed E-state index contributed by atoms with van der Waals surface area (Å²) in [4.78, 5) is 18.3. The average molecular weight is 425 g/mol. The number of aliphatic hydroxyl groups excluding tert-OH is 1. The second-order valence-corrected chi connectivity index (χ2v) is 7.18. The Balaban J connectivity index is 1.37. The molecule has 11 heteroatoms. The van der Waals surface area contributed by atoms with E-state index in [2.05, 4.69) is 20.5 Å². The molecule has 1 aliphatic heterocycles.